The number of hydrogen-bond acceptors (Lipinski definition) is 3. The van der Waals surface area contributed by atoms with E-state index in [2.05, 4.69) is 29.0 Å². The summed E-state index contributed by atoms with van der Waals surface area (Å²) in [5, 5.41) is 9.18. The molecule has 0 saturated carbocycles. The van der Waals surface area contributed by atoms with Crippen molar-refractivity contribution in [3.8, 4) is 22.5 Å². The van der Waals surface area contributed by atoms with Crippen molar-refractivity contribution in [3.63, 3.8) is 0 Å². The van der Waals surface area contributed by atoms with E-state index in [1.54, 1.807) is 6.20 Å². The first-order valence-electron chi connectivity index (χ1n) is 7.37. The molecule has 22 heavy (non-hydrogen) atoms. The molecule has 0 aliphatic carbocycles. The molecule has 3 heteroatoms. The van der Waals surface area contributed by atoms with Gasteiger partial charge in [-0.25, -0.2) is 0 Å². The molecule has 0 radical (unpaired) electrons. The summed E-state index contributed by atoms with van der Waals surface area (Å²) in [6.45, 7) is 2.20. The van der Waals surface area contributed by atoms with Crippen LogP contribution in [0.5, 0.6) is 0 Å². The van der Waals surface area contributed by atoms with E-state index in [4.69, 9.17) is 0 Å². The highest BCUT2D eigenvalue weighted by molar-refractivity contribution is 5.66. The van der Waals surface area contributed by atoms with Gasteiger partial charge in [0.15, 0.2) is 0 Å². The van der Waals surface area contributed by atoms with E-state index in [0.29, 0.717) is 6.42 Å². The summed E-state index contributed by atoms with van der Waals surface area (Å²) in [6.07, 6.45) is 4.24. The first-order chi connectivity index (χ1) is 10.8. The number of nitrogens with zero attached hydrogens (tertiary/aromatic N) is 2. The largest absolute Gasteiger partial charge is 0.396 e. The van der Waals surface area contributed by atoms with Gasteiger partial charge in [0.25, 0.3) is 0 Å². The molecule has 1 heterocycles. The van der Waals surface area contributed by atoms with Crippen LogP contribution in [0.15, 0.2) is 60.9 Å². The minimum Gasteiger partial charge on any atom is -0.396 e. The molecule has 0 atom stereocenters. The molecule has 3 aromatic rings. The van der Waals surface area contributed by atoms with Crippen molar-refractivity contribution in [1.29, 1.82) is 0 Å². The molecule has 0 spiro atoms. The average molecular weight is 290 g/mol. The van der Waals surface area contributed by atoms with Gasteiger partial charge < -0.3 is 5.11 Å². The van der Waals surface area contributed by atoms with Gasteiger partial charge in [0.1, 0.15) is 0 Å². The number of aliphatic hydroxyl groups is 1. The number of benzene rings is 2. The van der Waals surface area contributed by atoms with Gasteiger partial charge in [-0.05, 0) is 24.5 Å². The lowest BCUT2D eigenvalue weighted by Crippen LogP contribution is -1.96. The van der Waals surface area contributed by atoms with Crippen LogP contribution in [-0.4, -0.2) is 21.7 Å². The minimum absolute atomic E-state index is 0.131. The number of rotatable bonds is 4. The molecule has 0 amide bonds. The van der Waals surface area contributed by atoms with Gasteiger partial charge in [0, 0.05) is 17.7 Å². The average Bonchev–Trinajstić information content (AvgIpc) is 2.56. The lowest BCUT2D eigenvalue weighted by atomic mass is 10.0. The van der Waals surface area contributed by atoms with Crippen LogP contribution in [-0.2, 0) is 6.42 Å². The van der Waals surface area contributed by atoms with Crippen LogP contribution < -0.4 is 0 Å². The van der Waals surface area contributed by atoms with Crippen LogP contribution in [0.25, 0.3) is 22.5 Å². The van der Waals surface area contributed by atoms with E-state index in [1.807, 2.05) is 42.6 Å². The van der Waals surface area contributed by atoms with E-state index in [-0.39, 0.29) is 6.61 Å². The Morgan fingerprint density at radius 1 is 0.818 bits per heavy atom. The molecule has 2 aromatic carbocycles. The molecular formula is C19H18N2O. The zero-order valence-electron chi connectivity index (χ0n) is 12.5. The minimum atomic E-state index is 0.131. The van der Waals surface area contributed by atoms with E-state index >= 15 is 0 Å². The molecule has 0 aliphatic heterocycles. The zero-order valence-corrected chi connectivity index (χ0v) is 12.5. The maximum Gasteiger partial charge on any atom is 0.0888 e. The van der Waals surface area contributed by atoms with Crippen molar-refractivity contribution in [3.05, 3.63) is 72.1 Å². The fourth-order valence-corrected chi connectivity index (χ4v) is 2.58. The summed E-state index contributed by atoms with van der Waals surface area (Å²) in [5.74, 6) is 0. The van der Waals surface area contributed by atoms with Crippen LogP contribution in [0.1, 0.15) is 11.1 Å². The Labute approximate surface area is 130 Å². The first kappa shape index (κ1) is 14.4. The number of aliphatic hydroxyl groups excluding tert-OH is 1. The summed E-state index contributed by atoms with van der Waals surface area (Å²) in [4.78, 5) is 9.13. The SMILES string of the molecule is Cc1ccccc1-c1cnc(-c2ccccc2CCO)cn1. The van der Waals surface area contributed by atoms with Crippen molar-refractivity contribution < 1.29 is 5.11 Å². The van der Waals surface area contributed by atoms with Gasteiger partial charge in [-0.2, -0.15) is 0 Å². The smallest absolute Gasteiger partial charge is 0.0888 e. The summed E-state index contributed by atoms with van der Waals surface area (Å²) >= 11 is 0. The van der Waals surface area contributed by atoms with Crippen LogP contribution in [0, 0.1) is 6.92 Å². The Hall–Kier alpha value is -2.52. The van der Waals surface area contributed by atoms with Crippen LogP contribution in [0.2, 0.25) is 0 Å². The van der Waals surface area contributed by atoms with Gasteiger partial charge in [-0.15, -0.1) is 0 Å². The van der Waals surface area contributed by atoms with Crippen LogP contribution in [0.4, 0.5) is 0 Å². The third-order valence-electron chi connectivity index (χ3n) is 3.75. The molecule has 0 unspecified atom stereocenters. The van der Waals surface area contributed by atoms with Gasteiger partial charge >= 0.3 is 0 Å². The number of aromatic nitrogens is 2. The van der Waals surface area contributed by atoms with E-state index in [1.165, 1.54) is 5.56 Å². The second-order valence-electron chi connectivity index (χ2n) is 5.23. The molecular weight excluding hydrogens is 272 g/mol. The maximum absolute atomic E-state index is 9.18. The Bertz CT molecular complexity index is 766. The highest BCUT2D eigenvalue weighted by atomic mass is 16.2. The van der Waals surface area contributed by atoms with Gasteiger partial charge in [0.2, 0.25) is 0 Å². The molecule has 110 valence electrons. The maximum atomic E-state index is 9.18. The fourth-order valence-electron chi connectivity index (χ4n) is 2.58. The molecule has 3 nitrogen and oxygen atoms in total. The standard InChI is InChI=1S/C19H18N2O/c1-14-6-2-4-8-16(14)18-12-21-19(13-20-18)17-9-5-3-7-15(17)10-11-22/h2-9,12-13,22H,10-11H2,1H3. The van der Waals surface area contributed by atoms with Crippen molar-refractivity contribution >= 4 is 0 Å². The van der Waals surface area contributed by atoms with Gasteiger partial charge in [-0.1, -0.05) is 48.5 Å². The second-order valence-corrected chi connectivity index (χ2v) is 5.23. The first-order valence-corrected chi connectivity index (χ1v) is 7.37. The number of hydrogen-bond donors (Lipinski definition) is 1. The van der Waals surface area contributed by atoms with Crippen LogP contribution >= 0.6 is 0 Å². The van der Waals surface area contributed by atoms with Gasteiger partial charge in [0.05, 0.1) is 23.8 Å². The predicted molar refractivity (Wildman–Crippen MR) is 88.4 cm³/mol. The summed E-state index contributed by atoms with van der Waals surface area (Å²) in [6, 6.07) is 16.1. The highest BCUT2D eigenvalue weighted by Crippen LogP contribution is 2.24. The summed E-state index contributed by atoms with van der Waals surface area (Å²) in [7, 11) is 0. The van der Waals surface area contributed by atoms with Gasteiger partial charge in [-0.3, -0.25) is 9.97 Å². The topological polar surface area (TPSA) is 46.0 Å². The monoisotopic (exact) mass is 290 g/mol. The number of aryl methyl sites for hydroxylation is 1. The zero-order chi connectivity index (χ0) is 15.4. The predicted octanol–water partition coefficient (Wildman–Crippen LogP) is 3.65. The highest BCUT2D eigenvalue weighted by Gasteiger charge is 2.08. The van der Waals surface area contributed by atoms with E-state index in [0.717, 1.165) is 28.1 Å². The Kier molecular flexibility index (Phi) is 4.26. The fraction of sp³-hybridized carbons (Fsp3) is 0.158. The van der Waals surface area contributed by atoms with E-state index in [9.17, 15) is 5.11 Å². The molecule has 0 bridgehead atoms. The molecule has 0 aliphatic rings. The Morgan fingerprint density at radius 2 is 1.41 bits per heavy atom. The third kappa shape index (κ3) is 2.90. The summed E-state index contributed by atoms with van der Waals surface area (Å²) < 4.78 is 0. The van der Waals surface area contributed by atoms with Crippen molar-refractivity contribution in [2.75, 3.05) is 6.61 Å². The Morgan fingerprint density at radius 3 is 2.05 bits per heavy atom. The quantitative estimate of drug-likeness (QED) is 0.797. The van der Waals surface area contributed by atoms with Crippen molar-refractivity contribution in [2.45, 2.75) is 13.3 Å². The molecule has 0 fully saturated rings. The normalized spacial score (nSPS) is 10.6. The lowest BCUT2D eigenvalue weighted by Gasteiger charge is -2.09. The molecule has 1 aromatic heterocycles. The second kappa shape index (κ2) is 6.50. The Balaban J connectivity index is 1.97. The lowest BCUT2D eigenvalue weighted by molar-refractivity contribution is 0.300. The molecule has 0 saturated heterocycles. The van der Waals surface area contributed by atoms with E-state index < -0.39 is 0 Å². The third-order valence-corrected chi connectivity index (χ3v) is 3.75. The van der Waals surface area contributed by atoms with Crippen LogP contribution in [0.3, 0.4) is 0 Å². The molecule has 3 rings (SSSR count). The summed E-state index contributed by atoms with van der Waals surface area (Å²) in [5.41, 5.74) is 6.11. The molecule has 1 N–H and O–H groups in total. The van der Waals surface area contributed by atoms with Crippen molar-refractivity contribution in [2.24, 2.45) is 0 Å². The van der Waals surface area contributed by atoms with Crippen molar-refractivity contribution in [1.82, 2.24) is 9.97 Å².